The Morgan fingerprint density at radius 1 is 1.05 bits per heavy atom. The van der Waals surface area contributed by atoms with Crippen LogP contribution in [0.25, 0.3) is 0 Å². The molecular formula is C30H43NO9. The van der Waals surface area contributed by atoms with Gasteiger partial charge in [-0.2, -0.15) is 0 Å². The molecule has 3 saturated carbocycles. The molecule has 4 aliphatic carbocycles. The molecule has 4 aliphatic rings. The zero-order chi connectivity index (χ0) is 29.3. The van der Waals surface area contributed by atoms with Gasteiger partial charge in [0.25, 0.3) is 0 Å². The van der Waals surface area contributed by atoms with E-state index >= 15 is 0 Å². The number of unbranched alkanes of at least 4 members (excludes halogenated alkanes) is 1. The Bertz CT molecular complexity index is 1090. The van der Waals surface area contributed by atoms with E-state index < -0.39 is 41.4 Å². The van der Waals surface area contributed by atoms with Crippen LogP contribution in [0.1, 0.15) is 90.9 Å². The second-order valence-electron chi connectivity index (χ2n) is 12.8. The third-order valence-corrected chi connectivity index (χ3v) is 10.6. The Balaban J connectivity index is 1.31. The maximum atomic E-state index is 13.3. The average molecular weight is 562 g/mol. The second kappa shape index (κ2) is 11.7. The van der Waals surface area contributed by atoms with Gasteiger partial charge in [-0.25, -0.2) is 0 Å². The van der Waals surface area contributed by atoms with Crippen LogP contribution in [0.2, 0.25) is 0 Å². The van der Waals surface area contributed by atoms with Crippen molar-refractivity contribution in [3.8, 4) is 0 Å². The van der Waals surface area contributed by atoms with Gasteiger partial charge in [0.05, 0.1) is 12.5 Å². The number of allylic oxidation sites excluding steroid dienone is 1. The van der Waals surface area contributed by atoms with Crippen molar-refractivity contribution >= 4 is 29.4 Å². The van der Waals surface area contributed by atoms with Crippen molar-refractivity contribution in [1.29, 1.82) is 0 Å². The lowest BCUT2D eigenvalue weighted by Gasteiger charge is -2.60. The summed E-state index contributed by atoms with van der Waals surface area (Å²) in [6, 6.07) is 0. The summed E-state index contributed by atoms with van der Waals surface area (Å²) in [5, 5.41) is 34.5. The van der Waals surface area contributed by atoms with Gasteiger partial charge in [-0.1, -0.05) is 19.4 Å². The van der Waals surface area contributed by atoms with E-state index in [1.54, 1.807) is 6.08 Å². The number of carboxylic acid groups (broad SMARTS) is 1. The monoisotopic (exact) mass is 561 g/mol. The highest BCUT2D eigenvalue weighted by atomic mass is 16.5. The van der Waals surface area contributed by atoms with E-state index in [0.717, 1.165) is 18.4 Å². The van der Waals surface area contributed by atoms with E-state index in [1.807, 2.05) is 6.92 Å². The van der Waals surface area contributed by atoms with Crippen LogP contribution in [-0.2, 0) is 28.7 Å². The molecule has 0 aromatic rings. The van der Waals surface area contributed by atoms with Gasteiger partial charge in [-0.05, 0) is 80.6 Å². The number of carboxylic acids is 1. The van der Waals surface area contributed by atoms with Crippen molar-refractivity contribution in [1.82, 2.24) is 5.32 Å². The highest BCUT2D eigenvalue weighted by Crippen LogP contribution is 2.67. The normalized spacial score (nSPS) is 36.5. The van der Waals surface area contributed by atoms with Crippen molar-refractivity contribution in [2.75, 3.05) is 13.2 Å². The number of rotatable bonds is 11. The van der Waals surface area contributed by atoms with E-state index in [1.165, 1.54) is 0 Å². The molecule has 10 heteroatoms. The zero-order valence-electron chi connectivity index (χ0n) is 23.6. The molecule has 0 aromatic heterocycles. The summed E-state index contributed by atoms with van der Waals surface area (Å²) in [5.74, 6) is -2.29. The molecule has 7 atom stereocenters. The number of aliphatic carboxylic acids is 1. The smallest absolute Gasteiger partial charge is 0.306 e. The van der Waals surface area contributed by atoms with Crippen molar-refractivity contribution < 1.29 is 44.0 Å². The predicted molar refractivity (Wildman–Crippen MR) is 143 cm³/mol. The number of carbonyl (C=O) groups excluding carboxylic acids is 4. The Labute approximate surface area is 234 Å². The Morgan fingerprint density at radius 3 is 2.52 bits per heavy atom. The number of hydrogen-bond acceptors (Lipinski definition) is 8. The standard InChI is InChI=1S/C30H43NO9/c1-28-12-10-19(32)15-18(28)6-7-20-21-11-13-30(39,29(21,2)16-22(33)27(20)28)23(34)17-40-26(38)9-8-24(35)31-14-4-3-5-25(36)37/h15,20-22,27,33,39H,3-14,16-17H2,1-2H3,(H,31,35)(H,36,37)/t20-,21-,22-,27-,28-,29-,30-/m0/s1. The first-order valence-corrected chi connectivity index (χ1v) is 14.6. The highest BCUT2D eigenvalue weighted by molar-refractivity contribution is 5.92. The van der Waals surface area contributed by atoms with E-state index in [0.29, 0.717) is 38.6 Å². The minimum atomic E-state index is -1.73. The maximum Gasteiger partial charge on any atom is 0.306 e. The number of ether oxygens (including phenoxy) is 1. The van der Waals surface area contributed by atoms with E-state index in [-0.39, 0.29) is 67.0 Å². The van der Waals surface area contributed by atoms with Crippen LogP contribution in [-0.4, -0.2) is 69.6 Å². The van der Waals surface area contributed by atoms with Crippen LogP contribution in [0.3, 0.4) is 0 Å². The topological polar surface area (TPSA) is 167 Å². The minimum Gasteiger partial charge on any atom is -0.481 e. The molecular weight excluding hydrogens is 518 g/mol. The van der Waals surface area contributed by atoms with Gasteiger partial charge < -0.3 is 25.4 Å². The Hall–Kier alpha value is -2.59. The fraction of sp³-hybridized carbons (Fsp3) is 0.767. The fourth-order valence-electron chi connectivity index (χ4n) is 8.42. The second-order valence-corrected chi connectivity index (χ2v) is 12.8. The molecule has 0 heterocycles. The summed E-state index contributed by atoms with van der Waals surface area (Å²) >= 11 is 0. The lowest BCUT2D eigenvalue weighted by Crippen LogP contribution is -2.62. The highest BCUT2D eigenvalue weighted by Gasteiger charge is 2.68. The molecule has 0 aliphatic heterocycles. The van der Waals surface area contributed by atoms with Crippen molar-refractivity contribution in [2.24, 2.45) is 28.6 Å². The van der Waals surface area contributed by atoms with E-state index in [4.69, 9.17) is 9.84 Å². The first-order chi connectivity index (χ1) is 18.8. The van der Waals surface area contributed by atoms with Gasteiger partial charge >= 0.3 is 11.9 Å². The number of esters is 1. The van der Waals surface area contributed by atoms with Crippen LogP contribution in [0.15, 0.2) is 11.6 Å². The number of hydrogen-bond donors (Lipinski definition) is 4. The lowest BCUT2D eigenvalue weighted by atomic mass is 9.45. The van der Waals surface area contributed by atoms with E-state index in [9.17, 15) is 34.2 Å². The Kier molecular flexibility index (Phi) is 8.90. The number of amides is 1. The summed E-state index contributed by atoms with van der Waals surface area (Å²) in [4.78, 5) is 60.1. The van der Waals surface area contributed by atoms with Crippen LogP contribution in [0.5, 0.6) is 0 Å². The molecule has 222 valence electrons. The molecule has 3 fully saturated rings. The molecule has 1 amide bonds. The molecule has 0 radical (unpaired) electrons. The number of aliphatic hydroxyl groups excluding tert-OH is 1. The van der Waals surface area contributed by atoms with Gasteiger partial charge in [0, 0.05) is 31.2 Å². The number of aliphatic hydroxyl groups is 2. The molecule has 0 saturated heterocycles. The zero-order valence-corrected chi connectivity index (χ0v) is 23.6. The fourth-order valence-corrected chi connectivity index (χ4v) is 8.42. The number of fused-ring (bicyclic) bond motifs is 5. The summed E-state index contributed by atoms with van der Waals surface area (Å²) in [6.07, 6.45) is 5.61. The lowest BCUT2D eigenvalue weighted by molar-refractivity contribution is -0.184. The van der Waals surface area contributed by atoms with Crippen LogP contribution in [0.4, 0.5) is 0 Å². The summed E-state index contributed by atoms with van der Waals surface area (Å²) in [6.45, 7) is 3.75. The van der Waals surface area contributed by atoms with Gasteiger partial charge in [0.1, 0.15) is 5.60 Å². The molecule has 0 bridgehead atoms. The van der Waals surface area contributed by atoms with Gasteiger partial charge in [0.2, 0.25) is 11.7 Å². The van der Waals surface area contributed by atoms with Gasteiger partial charge in [-0.15, -0.1) is 0 Å². The SMILES string of the molecule is C[C@]12CCC(=O)C=C1CC[C@@H]1[C@H]2[C@@H](O)C[C@@]2(C)[C@H]1CC[C@]2(O)C(=O)COC(=O)CCC(=O)NCCCCC(=O)O. The quantitative estimate of drug-likeness (QED) is 0.219. The van der Waals surface area contributed by atoms with Crippen LogP contribution in [0, 0.1) is 28.6 Å². The van der Waals surface area contributed by atoms with Gasteiger partial charge in [0.15, 0.2) is 12.4 Å². The first kappa shape index (κ1) is 30.4. The third-order valence-electron chi connectivity index (χ3n) is 10.6. The molecule has 10 nitrogen and oxygen atoms in total. The largest absolute Gasteiger partial charge is 0.481 e. The molecule has 0 aromatic carbocycles. The molecule has 0 spiro atoms. The average Bonchev–Trinajstić information content (AvgIpc) is 3.16. The first-order valence-electron chi connectivity index (χ1n) is 14.6. The molecule has 4 N–H and O–H groups in total. The van der Waals surface area contributed by atoms with Gasteiger partial charge in [-0.3, -0.25) is 24.0 Å². The molecule has 0 unspecified atom stereocenters. The minimum absolute atomic E-state index is 0.0285. The maximum absolute atomic E-state index is 13.3. The van der Waals surface area contributed by atoms with Crippen LogP contribution >= 0.6 is 0 Å². The summed E-state index contributed by atoms with van der Waals surface area (Å²) < 4.78 is 5.16. The predicted octanol–water partition coefficient (Wildman–Crippen LogP) is 2.48. The summed E-state index contributed by atoms with van der Waals surface area (Å²) in [7, 11) is 0. The number of nitrogens with one attached hydrogen (secondary N) is 1. The third kappa shape index (κ3) is 5.62. The van der Waals surface area contributed by atoms with Crippen molar-refractivity contribution in [3.63, 3.8) is 0 Å². The Morgan fingerprint density at radius 2 is 1.80 bits per heavy atom. The molecule has 4 rings (SSSR count). The van der Waals surface area contributed by atoms with E-state index in [2.05, 4.69) is 12.2 Å². The molecule has 40 heavy (non-hydrogen) atoms. The van der Waals surface area contributed by atoms with Crippen LogP contribution < -0.4 is 5.32 Å². The van der Waals surface area contributed by atoms with Crippen molar-refractivity contribution in [2.45, 2.75) is 103 Å². The number of Topliss-reactive ketones (excluding diaryl/α,β-unsaturated/α-hetero) is 1. The number of ketones is 2. The summed E-state index contributed by atoms with van der Waals surface area (Å²) in [5.41, 5.74) is -1.73. The van der Waals surface area contributed by atoms with Crippen molar-refractivity contribution in [3.05, 3.63) is 11.6 Å². The number of carbonyl (C=O) groups is 5.